The fourth-order valence-corrected chi connectivity index (χ4v) is 4.64. The highest BCUT2D eigenvalue weighted by molar-refractivity contribution is 5.91. The number of aromatic nitrogens is 1. The van der Waals surface area contributed by atoms with E-state index in [4.69, 9.17) is 4.74 Å². The zero-order valence-corrected chi connectivity index (χ0v) is 22.5. The molecule has 8 heteroatoms. The zero-order chi connectivity index (χ0) is 27.1. The van der Waals surface area contributed by atoms with Gasteiger partial charge in [0.25, 0.3) is 0 Å². The molecule has 3 amide bonds. The summed E-state index contributed by atoms with van der Waals surface area (Å²) in [6.07, 6.45) is 2.73. The monoisotopic (exact) mass is 518 g/mol. The Morgan fingerprint density at radius 2 is 1.66 bits per heavy atom. The molecule has 0 saturated carbocycles. The first-order chi connectivity index (χ1) is 18.2. The molecule has 1 aliphatic heterocycles. The Hall–Kier alpha value is -3.65. The van der Waals surface area contributed by atoms with Crippen molar-refractivity contribution in [3.05, 3.63) is 71.9 Å². The van der Waals surface area contributed by atoms with Crippen molar-refractivity contribution in [3.63, 3.8) is 0 Å². The maximum atomic E-state index is 13.5. The largest absolute Gasteiger partial charge is 0.378 e. The molecule has 0 bridgehead atoms. The number of rotatable bonds is 9. The maximum absolute atomic E-state index is 13.5. The average Bonchev–Trinajstić information content (AvgIpc) is 3.33. The van der Waals surface area contributed by atoms with Gasteiger partial charge in [0.1, 0.15) is 6.04 Å². The predicted octanol–water partition coefficient (Wildman–Crippen LogP) is 3.08. The summed E-state index contributed by atoms with van der Waals surface area (Å²) in [5.41, 5.74) is 2.30. The molecule has 1 unspecified atom stereocenters. The number of nitrogens with zero attached hydrogens (tertiary/aromatic N) is 1. The molecule has 0 radical (unpaired) electrons. The number of fused-ring (bicyclic) bond motifs is 1. The smallest absolute Gasteiger partial charge is 0.242 e. The predicted molar refractivity (Wildman–Crippen MR) is 147 cm³/mol. The standard InChI is InChI=1S/C30H38N4O4/c1-30(2,3)29(37)33-26(18-22-19-31-25-12-8-7-11-24(22)25)27(35)32-20-23(17-21-9-5-4-6-10-21)28(36)34-13-15-38-16-14-34/h4-12,19,23,26,31H,13-18,20H2,1-3H3,(H,32,35)(H,33,37)/t23-,26?/m0/s1. The third kappa shape index (κ3) is 7.01. The van der Waals surface area contributed by atoms with E-state index in [1.165, 1.54) is 0 Å². The van der Waals surface area contributed by atoms with Gasteiger partial charge in [-0.25, -0.2) is 0 Å². The third-order valence-corrected chi connectivity index (χ3v) is 6.92. The first-order valence-electron chi connectivity index (χ1n) is 13.3. The summed E-state index contributed by atoms with van der Waals surface area (Å²) in [7, 11) is 0. The van der Waals surface area contributed by atoms with Gasteiger partial charge in [-0.3, -0.25) is 14.4 Å². The van der Waals surface area contributed by atoms with Crippen LogP contribution in [0.25, 0.3) is 10.9 Å². The lowest BCUT2D eigenvalue weighted by Gasteiger charge is -2.31. The highest BCUT2D eigenvalue weighted by Crippen LogP contribution is 2.21. The molecular weight excluding hydrogens is 480 g/mol. The number of carbonyl (C=O) groups is 3. The number of amides is 3. The van der Waals surface area contributed by atoms with E-state index in [1.54, 1.807) is 0 Å². The quantitative estimate of drug-likeness (QED) is 0.405. The summed E-state index contributed by atoms with van der Waals surface area (Å²) in [5.74, 6) is -0.931. The van der Waals surface area contributed by atoms with E-state index in [2.05, 4.69) is 15.6 Å². The van der Waals surface area contributed by atoms with Gasteiger partial charge in [0.2, 0.25) is 17.7 Å². The van der Waals surface area contributed by atoms with Gasteiger partial charge in [0.05, 0.1) is 19.1 Å². The fraction of sp³-hybridized carbons (Fsp3) is 0.433. The second-order valence-corrected chi connectivity index (χ2v) is 10.9. The Kier molecular flexibility index (Phi) is 8.84. The number of aromatic amines is 1. The van der Waals surface area contributed by atoms with Crippen LogP contribution in [0, 0.1) is 11.3 Å². The molecule has 1 aliphatic rings. The molecule has 3 aromatic rings. The van der Waals surface area contributed by atoms with Crippen molar-refractivity contribution in [2.45, 2.75) is 39.7 Å². The molecule has 2 heterocycles. The summed E-state index contributed by atoms with van der Waals surface area (Å²) in [4.78, 5) is 44.9. The zero-order valence-electron chi connectivity index (χ0n) is 22.5. The van der Waals surface area contributed by atoms with Crippen LogP contribution in [0.2, 0.25) is 0 Å². The first kappa shape index (κ1) is 27.4. The van der Waals surface area contributed by atoms with E-state index >= 15 is 0 Å². The lowest BCUT2D eigenvalue weighted by Crippen LogP contribution is -2.53. The van der Waals surface area contributed by atoms with Crippen LogP contribution in [0.1, 0.15) is 31.9 Å². The normalized spacial score (nSPS) is 15.6. The SMILES string of the molecule is CC(C)(C)C(=O)NC(Cc1c[nH]c2ccccc12)C(=O)NC[C@H](Cc1ccccc1)C(=O)N1CCOCC1. The molecule has 202 valence electrons. The Morgan fingerprint density at radius 1 is 0.974 bits per heavy atom. The van der Waals surface area contributed by atoms with Gasteiger partial charge in [-0.1, -0.05) is 69.3 Å². The van der Waals surface area contributed by atoms with Crippen LogP contribution in [0.3, 0.4) is 0 Å². The van der Waals surface area contributed by atoms with E-state index in [0.717, 1.165) is 22.0 Å². The maximum Gasteiger partial charge on any atom is 0.242 e. The van der Waals surface area contributed by atoms with Crippen LogP contribution in [0.15, 0.2) is 60.8 Å². The lowest BCUT2D eigenvalue weighted by molar-refractivity contribution is -0.140. The van der Waals surface area contributed by atoms with Crippen molar-refractivity contribution < 1.29 is 19.1 Å². The van der Waals surface area contributed by atoms with Crippen LogP contribution >= 0.6 is 0 Å². The van der Waals surface area contributed by atoms with Gasteiger partial charge in [0, 0.05) is 48.6 Å². The number of carbonyl (C=O) groups excluding carboxylic acids is 3. The molecule has 4 rings (SSSR count). The van der Waals surface area contributed by atoms with E-state index in [9.17, 15) is 14.4 Å². The van der Waals surface area contributed by atoms with Crippen molar-refractivity contribution in [1.29, 1.82) is 0 Å². The minimum absolute atomic E-state index is 0.00404. The molecule has 8 nitrogen and oxygen atoms in total. The number of para-hydroxylation sites is 1. The molecule has 38 heavy (non-hydrogen) atoms. The number of nitrogens with one attached hydrogen (secondary N) is 3. The number of hydrogen-bond acceptors (Lipinski definition) is 4. The second-order valence-electron chi connectivity index (χ2n) is 10.9. The van der Waals surface area contributed by atoms with Crippen LogP contribution in [0.5, 0.6) is 0 Å². The minimum atomic E-state index is -0.781. The van der Waals surface area contributed by atoms with Crippen molar-refractivity contribution >= 4 is 28.6 Å². The van der Waals surface area contributed by atoms with Gasteiger partial charge in [0.15, 0.2) is 0 Å². The van der Waals surface area contributed by atoms with E-state index in [0.29, 0.717) is 39.1 Å². The Morgan fingerprint density at radius 3 is 2.37 bits per heavy atom. The van der Waals surface area contributed by atoms with Crippen molar-refractivity contribution in [1.82, 2.24) is 20.5 Å². The number of benzene rings is 2. The minimum Gasteiger partial charge on any atom is -0.378 e. The van der Waals surface area contributed by atoms with E-state index < -0.39 is 17.4 Å². The average molecular weight is 519 g/mol. The molecule has 0 spiro atoms. The Labute approximate surface area is 224 Å². The summed E-state index contributed by atoms with van der Waals surface area (Å²) in [6.45, 7) is 7.76. The van der Waals surface area contributed by atoms with Crippen molar-refractivity contribution in [2.75, 3.05) is 32.8 Å². The second kappa shape index (κ2) is 12.3. The fourth-order valence-electron chi connectivity index (χ4n) is 4.64. The van der Waals surface area contributed by atoms with Gasteiger partial charge in [-0.15, -0.1) is 0 Å². The number of H-pyrrole nitrogens is 1. The molecule has 2 aromatic carbocycles. The lowest BCUT2D eigenvalue weighted by atomic mass is 9.94. The summed E-state index contributed by atoms with van der Waals surface area (Å²) in [6, 6.07) is 16.9. The molecule has 1 saturated heterocycles. The highest BCUT2D eigenvalue weighted by atomic mass is 16.5. The van der Waals surface area contributed by atoms with Crippen LogP contribution in [0.4, 0.5) is 0 Å². The topological polar surface area (TPSA) is 104 Å². The van der Waals surface area contributed by atoms with Gasteiger partial charge in [-0.2, -0.15) is 0 Å². The first-order valence-corrected chi connectivity index (χ1v) is 13.3. The number of morpholine rings is 1. The third-order valence-electron chi connectivity index (χ3n) is 6.92. The molecule has 2 atom stereocenters. The van der Waals surface area contributed by atoms with Crippen molar-refractivity contribution in [2.24, 2.45) is 11.3 Å². The summed E-state index contributed by atoms with van der Waals surface area (Å²) >= 11 is 0. The molecule has 3 N–H and O–H groups in total. The van der Waals surface area contributed by atoms with Crippen LogP contribution in [-0.2, 0) is 32.0 Å². The molecule has 0 aliphatic carbocycles. The molecular formula is C30H38N4O4. The van der Waals surface area contributed by atoms with Gasteiger partial charge in [-0.05, 0) is 23.6 Å². The van der Waals surface area contributed by atoms with E-state index in [-0.39, 0.29) is 24.3 Å². The Balaban J connectivity index is 1.51. The highest BCUT2D eigenvalue weighted by Gasteiger charge is 2.31. The summed E-state index contributed by atoms with van der Waals surface area (Å²) in [5, 5.41) is 6.96. The molecule has 1 fully saturated rings. The number of hydrogen-bond donors (Lipinski definition) is 3. The van der Waals surface area contributed by atoms with Gasteiger partial charge >= 0.3 is 0 Å². The van der Waals surface area contributed by atoms with E-state index in [1.807, 2.05) is 86.5 Å². The molecule has 1 aromatic heterocycles. The Bertz CT molecular complexity index is 1240. The number of ether oxygens (including phenoxy) is 1. The van der Waals surface area contributed by atoms with Crippen molar-refractivity contribution in [3.8, 4) is 0 Å². The van der Waals surface area contributed by atoms with Gasteiger partial charge < -0.3 is 25.3 Å². The van der Waals surface area contributed by atoms with Crippen LogP contribution in [-0.4, -0.2) is 66.5 Å². The van der Waals surface area contributed by atoms with Crippen LogP contribution < -0.4 is 10.6 Å². The summed E-state index contributed by atoms with van der Waals surface area (Å²) < 4.78 is 5.42.